The quantitative estimate of drug-likeness (QED) is 0.826. The standard InChI is InChI=1S/C15H21FO/c1-11-3-5-12(6-4-11)15(2,17)13-7-9-14(16)10-8-13/h7-12,17H,3-6H2,1-2H3. The molecule has 0 spiro atoms. The van der Waals surface area contributed by atoms with E-state index in [0.717, 1.165) is 24.3 Å². The molecule has 1 aromatic carbocycles. The molecule has 2 heteroatoms. The van der Waals surface area contributed by atoms with Crippen molar-refractivity contribution in [3.63, 3.8) is 0 Å². The van der Waals surface area contributed by atoms with Crippen molar-refractivity contribution in [2.75, 3.05) is 0 Å². The van der Waals surface area contributed by atoms with Gasteiger partial charge in [-0.05, 0) is 49.3 Å². The van der Waals surface area contributed by atoms with Gasteiger partial charge in [-0.1, -0.05) is 31.9 Å². The maximum atomic E-state index is 12.9. The monoisotopic (exact) mass is 236 g/mol. The van der Waals surface area contributed by atoms with Crippen molar-refractivity contribution in [1.82, 2.24) is 0 Å². The molecule has 1 atom stereocenters. The number of benzene rings is 1. The number of halogens is 1. The third-order valence-corrected chi connectivity index (χ3v) is 4.24. The fraction of sp³-hybridized carbons (Fsp3) is 0.600. The smallest absolute Gasteiger partial charge is 0.123 e. The third-order valence-electron chi connectivity index (χ3n) is 4.24. The van der Waals surface area contributed by atoms with Crippen molar-refractivity contribution in [3.8, 4) is 0 Å². The maximum absolute atomic E-state index is 12.9. The first-order valence-electron chi connectivity index (χ1n) is 6.48. The average molecular weight is 236 g/mol. The lowest BCUT2D eigenvalue weighted by Gasteiger charge is -2.37. The molecule has 0 amide bonds. The van der Waals surface area contributed by atoms with Crippen molar-refractivity contribution in [1.29, 1.82) is 0 Å². The van der Waals surface area contributed by atoms with Gasteiger partial charge < -0.3 is 5.11 Å². The van der Waals surface area contributed by atoms with E-state index < -0.39 is 5.60 Å². The summed E-state index contributed by atoms with van der Waals surface area (Å²) in [6.45, 7) is 4.13. The highest BCUT2D eigenvalue weighted by molar-refractivity contribution is 5.23. The van der Waals surface area contributed by atoms with Crippen LogP contribution in [-0.2, 0) is 5.60 Å². The molecule has 1 fully saturated rings. The third kappa shape index (κ3) is 2.68. The zero-order valence-electron chi connectivity index (χ0n) is 10.6. The summed E-state index contributed by atoms with van der Waals surface area (Å²) in [5.74, 6) is 0.821. The molecule has 1 aliphatic carbocycles. The van der Waals surface area contributed by atoms with Crippen LogP contribution in [0, 0.1) is 17.7 Å². The van der Waals surface area contributed by atoms with Crippen molar-refractivity contribution < 1.29 is 9.50 Å². The topological polar surface area (TPSA) is 20.2 Å². The van der Waals surface area contributed by atoms with E-state index in [9.17, 15) is 9.50 Å². The molecule has 0 radical (unpaired) electrons. The molecular weight excluding hydrogens is 215 g/mol. The lowest BCUT2D eigenvalue weighted by molar-refractivity contribution is -0.0264. The van der Waals surface area contributed by atoms with Gasteiger partial charge in [0.25, 0.3) is 0 Å². The number of hydrogen-bond donors (Lipinski definition) is 1. The molecule has 94 valence electrons. The molecule has 17 heavy (non-hydrogen) atoms. The Bertz CT molecular complexity index is 361. The second-order valence-electron chi connectivity index (χ2n) is 5.61. The van der Waals surface area contributed by atoms with Crippen molar-refractivity contribution in [2.45, 2.75) is 45.1 Å². The summed E-state index contributed by atoms with van der Waals surface area (Å²) < 4.78 is 12.9. The van der Waals surface area contributed by atoms with Crippen LogP contribution in [-0.4, -0.2) is 5.11 Å². The van der Waals surface area contributed by atoms with Crippen LogP contribution in [0.15, 0.2) is 24.3 Å². The first kappa shape index (κ1) is 12.6. The molecule has 0 heterocycles. The molecule has 1 aliphatic rings. The first-order valence-corrected chi connectivity index (χ1v) is 6.48. The van der Waals surface area contributed by atoms with Gasteiger partial charge in [-0.15, -0.1) is 0 Å². The van der Waals surface area contributed by atoms with E-state index in [2.05, 4.69) is 6.92 Å². The minimum atomic E-state index is -0.826. The van der Waals surface area contributed by atoms with Gasteiger partial charge in [-0.25, -0.2) is 4.39 Å². The molecule has 0 saturated heterocycles. The Kier molecular flexibility index (Phi) is 3.53. The Morgan fingerprint density at radius 3 is 2.18 bits per heavy atom. The summed E-state index contributed by atoms with van der Waals surface area (Å²) in [5, 5.41) is 10.7. The molecule has 1 aromatic rings. The van der Waals surface area contributed by atoms with Crippen LogP contribution in [0.1, 0.15) is 45.1 Å². The summed E-state index contributed by atoms with van der Waals surface area (Å²) in [6.07, 6.45) is 4.49. The van der Waals surface area contributed by atoms with Crippen molar-refractivity contribution in [2.24, 2.45) is 11.8 Å². The average Bonchev–Trinajstić information content (AvgIpc) is 2.30. The van der Waals surface area contributed by atoms with Gasteiger partial charge in [-0.2, -0.15) is 0 Å². The van der Waals surface area contributed by atoms with E-state index in [1.54, 1.807) is 12.1 Å². The van der Waals surface area contributed by atoms with E-state index in [4.69, 9.17) is 0 Å². The van der Waals surface area contributed by atoms with Crippen LogP contribution in [0.4, 0.5) is 4.39 Å². The highest BCUT2D eigenvalue weighted by Gasteiger charge is 2.35. The summed E-state index contributed by atoms with van der Waals surface area (Å²) in [6, 6.07) is 6.26. The van der Waals surface area contributed by atoms with Crippen LogP contribution < -0.4 is 0 Å². The van der Waals surface area contributed by atoms with E-state index in [-0.39, 0.29) is 5.82 Å². The van der Waals surface area contributed by atoms with Gasteiger partial charge in [0.15, 0.2) is 0 Å². The molecule has 1 nitrogen and oxygen atoms in total. The van der Waals surface area contributed by atoms with Crippen LogP contribution in [0.2, 0.25) is 0 Å². The number of aliphatic hydroxyl groups is 1. The Balaban J connectivity index is 2.15. The van der Waals surface area contributed by atoms with Crippen LogP contribution in [0.3, 0.4) is 0 Å². The Hall–Kier alpha value is -0.890. The zero-order valence-corrected chi connectivity index (χ0v) is 10.6. The lowest BCUT2D eigenvalue weighted by Crippen LogP contribution is -2.34. The van der Waals surface area contributed by atoms with Crippen molar-refractivity contribution in [3.05, 3.63) is 35.6 Å². The van der Waals surface area contributed by atoms with Gasteiger partial charge in [-0.3, -0.25) is 0 Å². The zero-order chi connectivity index (χ0) is 12.5. The second-order valence-corrected chi connectivity index (χ2v) is 5.61. The maximum Gasteiger partial charge on any atom is 0.123 e. The van der Waals surface area contributed by atoms with Gasteiger partial charge in [0.2, 0.25) is 0 Å². The predicted octanol–water partition coefficient (Wildman–Crippen LogP) is 3.86. The summed E-state index contributed by atoms with van der Waals surface area (Å²) in [5.41, 5.74) is 0.00635. The Morgan fingerprint density at radius 1 is 1.12 bits per heavy atom. The van der Waals surface area contributed by atoms with Crippen LogP contribution >= 0.6 is 0 Å². The van der Waals surface area contributed by atoms with E-state index in [1.165, 1.54) is 25.0 Å². The van der Waals surface area contributed by atoms with Gasteiger partial charge in [0.05, 0.1) is 5.60 Å². The molecule has 1 N–H and O–H groups in total. The Morgan fingerprint density at radius 2 is 1.65 bits per heavy atom. The van der Waals surface area contributed by atoms with Gasteiger partial charge in [0.1, 0.15) is 5.82 Å². The molecule has 0 bridgehead atoms. The molecule has 2 rings (SSSR count). The van der Waals surface area contributed by atoms with E-state index >= 15 is 0 Å². The lowest BCUT2D eigenvalue weighted by atomic mass is 9.72. The SMILES string of the molecule is CC1CCC(C(C)(O)c2ccc(F)cc2)CC1. The highest BCUT2D eigenvalue weighted by atomic mass is 19.1. The number of rotatable bonds is 2. The summed E-state index contributed by atoms with van der Waals surface area (Å²) >= 11 is 0. The minimum absolute atomic E-state index is 0.248. The molecule has 0 aromatic heterocycles. The predicted molar refractivity (Wildman–Crippen MR) is 67.1 cm³/mol. The fourth-order valence-electron chi connectivity index (χ4n) is 2.85. The van der Waals surface area contributed by atoms with E-state index in [1.807, 2.05) is 6.92 Å². The van der Waals surface area contributed by atoms with E-state index in [0.29, 0.717) is 5.92 Å². The highest BCUT2D eigenvalue weighted by Crippen LogP contribution is 2.40. The molecular formula is C15H21FO. The van der Waals surface area contributed by atoms with Gasteiger partial charge >= 0.3 is 0 Å². The Labute approximate surface area is 103 Å². The van der Waals surface area contributed by atoms with Crippen LogP contribution in [0.25, 0.3) is 0 Å². The van der Waals surface area contributed by atoms with Gasteiger partial charge in [0, 0.05) is 0 Å². The summed E-state index contributed by atoms with van der Waals surface area (Å²) in [7, 11) is 0. The molecule has 0 aliphatic heterocycles. The second kappa shape index (κ2) is 4.77. The first-order chi connectivity index (χ1) is 8.00. The molecule has 1 unspecified atom stereocenters. The number of hydrogen-bond acceptors (Lipinski definition) is 1. The van der Waals surface area contributed by atoms with Crippen LogP contribution in [0.5, 0.6) is 0 Å². The normalized spacial score (nSPS) is 28.7. The minimum Gasteiger partial charge on any atom is -0.385 e. The largest absolute Gasteiger partial charge is 0.385 e. The fourth-order valence-corrected chi connectivity index (χ4v) is 2.85. The van der Waals surface area contributed by atoms with Crippen molar-refractivity contribution >= 4 is 0 Å². The summed E-state index contributed by atoms with van der Waals surface area (Å²) in [4.78, 5) is 0. The molecule has 1 saturated carbocycles.